The molecule has 1 fully saturated rings. The Morgan fingerprint density at radius 2 is 1.87 bits per heavy atom. The molecule has 1 saturated heterocycles. The standard InChI is InChI=1S/C24H22N4O2/c1-17-13-15-28(16-17)22-19(10-7-12-21(22)29-18-8-3-2-4-9-18)24-26-23(27-30-24)20-11-5-6-14-25-20/h2-12,14,17H,13,15-16H2,1H3. The molecule has 30 heavy (non-hydrogen) atoms. The first-order valence-corrected chi connectivity index (χ1v) is 10.1. The smallest absolute Gasteiger partial charge is 0.260 e. The average molecular weight is 398 g/mol. The number of rotatable bonds is 5. The van der Waals surface area contributed by atoms with Crippen molar-refractivity contribution in [3.63, 3.8) is 0 Å². The molecule has 0 amide bonds. The van der Waals surface area contributed by atoms with Crippen molar-refractivity contribution < 1.29 is 9.26 Å². The number of benzene rings is 2. The first kappa shape index (κ1) is 18.4. The lowest BCUT2D eigenvalue weighted by molar-refractivity contribution is 0.431. The third-order valence-corrected chi connectivity index (χ3v) is 5.26. The number of nitrogens with zero attached hydrogens (tertiary/aromatic N) is 4. The Kier molecular flexibility index (Phi) is 4.89. The molecule has 150 valence electrons. The summed E-state index contributed by atoms with van der Waals surface area (Å²) in [5.74, 6) is 3.13. The van der Waals surface area contributed by atoms with E-state index in [1.165, 1.54) is 0 Å². The predicted molar refractivity (Wildman–Crippen MR) is 115 cm³/mol. The summed E-state index contributed by atoms with van der Waals surface area (Å²) in [5.41, 5.74) is 2.54. The Morgan fingerprint density at radius 3 is 2.63 bits per heavy atom. The molecule has 6 heteroatoms. The second-order valence-electron chi connectivity index (χ2n) is 7.55. The van der Waals surface area contributed by atoms with E-state index in [2.05, 4.69) is 26.9 Å². The molecule has 0 aliphatic carbocycles. The first-order valence-electron chi connectivity index (χ1n) is 10.1. The molecule has 2 aromatic heterocycles. The van der Waals surface area contributed by atoms with Crippen LogP contribution in [0.5, 0.6) is 11.5 Å². The van der Waals surface area contributed by atoms with Gasteiger partial charge >= 0.3 is 0 Å². The van der Waals surface area contributed by atoms with Crippen molar-refractivity contribution in [2.75, 3.05) is 18.0 Å². The van der Waals surface area contributed by atoms with Gasteiger partial charge in [0, 0.05) is 19.3 Å². The van der Waals surface area contributed by atoms with Crippen LogP contribution in [0.3, 0.4) is 0 Å². The van der Waals surface area contributed by atoms with E-state index < -0.39 is 0 Å². The lowest BCUT2D eigenvalue weighted by Gasteiger charge is -2.23. The van der Waals surface area contributed by atoms with Gasteiger partial charge in [-0.1, -0.05) is 42.4 Å². The molecule has 1 aliphatic heterocycles. The molecular formula is C24H22N4O2. The van der Waals surface area contributed by atoms with Crippen molar-refractivity contribution in [2.45, 2.75) is 13.3 Å². The van der Waals surface area contributed by atoms with Gasteiger partial charge in [0.25, 0.3) is 5.89 Å². The normalized spacial score (nSPS) is 16.0. The summed E-state index contributed by atoms with van der Waals surface area (Å²) < 4.78 is 11.9. The van der Waals surface area contributed by atoms with Gasteiger partial charge in [-0.05, 0) is 48.7 Å². The van der Waals surface area contributed by atoms with Gasteiger partial charge in [0.2, 0.25) is 5.82 Å². The number of pyridine rings is 1. The molecule has 0 bridgehead atoms. The van der Waals surface area contributed by atoms with Crippen molar-refractivity contribution in [3.05, 3.63) is 72.9 Å². The second-order valence-corrected chi connectivity index (χ2v) is 7.55. The molecular weight excluding hydrogens is 376 g/mol. The average Bonchev–Trinajstić information content (AvgIpc) is 3.44. The summed E-state index contributed by atoms with van der Waals surface area (Å²) >= 11 is 0. The Bertz CT molecular complexity index is 1130. The van der Waals surface area contributed by atoms with Crippen LogP contribution in [0.4, 0.5) is 5.69 Å². The summed E-state index contributed by atoms with van der Waals surface area (Å²) in [6, 6.07) is 21.4. The SMILES string of the molecule is CC1CCN(c2c(Oc3ccccc3)cccc2-c2nc(-c3ccccn3)no2)C1. The van der Waals surface area contributed by atoms with Crippen LogP contribution in [0.1, 0.15) is 13.3 Å². The zero-order valence-electron chi connectivity index (χ0n) is 16.7. The van der Waals surface area contributed by atoms with Crippen molar-refractivity contribution in [2.24, 2.45) is 5.92 Å². The fourth-order valence-corrected chi connectivity index (χ4v) is 3.79. The quantitative estimate of drug-likeness (QED) is 0.446. The number of anilines is 1. The maximum Gasteiger partial charge on any atom is 0.260 e. The highest BCUT2D eigenvalue weighted by molar-refractivity contribution is 5.80. The Labute approximate surface area is 175 Å². The van der Waals surface area contributed by atoms with Crippen molar-refractivity contribution in [1.82, 2.24) is 15.1 Å². The number of hydrogen-bond acceptors (Lipinski definition) is 6. The Hall–Kier alpha value is -3.67. The Balaban J connectivity index is 1.58. The van der Waals surface area contributed by atoms with Crippen LogP contribution in [-0.2, 0) is 0 Å². The third kappa shape index (κ3) is 3.64. The van der Waals surface area contributed by atoms with Gasteiger partial charge in [0.05, 0.1) is 11.3 Å². The van der Waals surface area contributed by atoms with Gasteiger partial charge in [-0.2, -0.15) is 4.98 Å². The van der Waals surface area contributed by atoms with E-state index >= 15 is 0 Å². The largest absolute Gasteiger partial charge is 0.455 e. The Morgan fingerprint density at radius 1 is 1.00 bits per heavy atom. The lowest BCUT2D eigenvalue weighted by Crippen LogP contribution is -2.20. The minimum absolute atomic E-state index is 0.462. The van der Waals surface area contributed by atoms with E-state index in [0.29, 0.717) is 23.3 Å². The summed E-state index contributed by atoms with van der Waals surface area (Å²) in [7, 11) is 0. The molecule has 0 spiro atoms. The van der Waals surface area contributed by atoms with Crippen LogP contribution in [0, 0.1) is 5.92 Å². The molecule has 0 saturated carbocycles. The highest BCUT2D eigenvalue weighted by Crippen LogP contribution is 2.42. The van der Waals surface area contributed by atoms with E-state index in [1.807, 2.05) is 66.7 Å². The molecule has 1 aliphatic rings. The maximum atomic E-state index is 6.27. The summed E-state index contributed by atoms with van der Waals surface area (Å²) in [4.78, 5) is 11.3. The number of para-hydroxylation sites is 2. The van der Waals surface area contributed by atoms with Crippen LogP contribution in [0.25, 0.3) is 23.0 Å². The van der Waals surface area contributed by atoms with E-state index in [9.17, 15) is 0 Å². The lowest BCUT2D eigenvalue weighted by atomic mass is 10.1. The molecule has 2 aromatic carbocycles. The maximum absolute atomic E-state index is 6.27. The minimum atomic E-state index is 0.462. The molecule has 0 N–H and O–H groups in total. The molecule has 6 nitrogen and oxygen atoms in total. The number of hydrogen-bond donors (Lipinski definition) is 0. The van der Waals surface area contributed by atoms with Gasteiger partial charge in [-0.15, -0.1) is 0 Å². The summed E-state index contributed by atoms with van der Waals surface area (Å²) in [6.07, 6.45) is 2.86. The summed E-state index contributed by atoms with van der Waals surface area (Å²) in [6.45, 7) is 4.19. The van der Waals surface area contributed by atoms with Crippen LogP contribution in [0.2, 0.25) is 0 Å². The van der Waals surface area contributed by atoms with Crippen LogP contribution in [0.15, 0.2) is 77.4 Å². The highest BCUT2D eigenvalue weighted by Gasteiger charge is 2.27. The topological polar surface area (TPSA) is 64.3 Å². The van der Waals surface area contributed by atoms with Crippen molar-refractivity contribution >= 4 is 5.69 Å². The molecule has 1 unspecified atom stereocenters. The zero-order chi connectivity index (χ0) is 20.3. The van der Waals surface area contributed by atoms with E-state index in [-0.39, 0.29) is 0 Å². The molecule has 0 radical (unpaired) electrons. The van der Waals surface area contributed by atoms with Crippen molar-refractivity contribution in [1.29, 1.82) is 0 Å². The van der Waals surface area contributed by atoms with Crippen LogP contribution in [-0.4, -0.2) is 28.2 Å². The first-order chi connectivity index (χ1) is 14.8. The molecule has 5 rings (SSSR count). The fourth-order valence-electron chi connectivity index (χ4n) is 3.79. The van der Waals surface area contributed by atoms with Gasteiger partial charge in [0.15, 0.2) is 5.75 Å². The molecule has 4 aromatic rings. The highest BCUT2D eigenvalue weighted by atomic mass is 16.5. The van der Waals surface area contributed by atoms with Crippen molar-refractivity contribution in [3.8, 4) is 34.5 Å². The zero-order valence-corrected chi connectivity index (χ0v) is 16.7. The number of ether oxygens (including phenoxy) is 1. The minimum Gasteiger partial charge on any atom is -0.455 e. The van der Waals surface area contributed by atoms with Gasteiger partial charge in [0.1, 0.15) is 11.4 Å². The van der Waals surface area contributed by atoms with Gasteiger partial charge < -0.3 is 14.2 Å². The number of aromatic nitrogens is 3. The van der Waals surface area contributed by atoms with E-state index in [4.69, 9.17) is 9.26 Å². The van der Waals surface area contributed by atoms with Gasteiger partial charge in [-0.25, -0.2) is 0 Å². The third-order valence-electron chi connectivity index (χ3n) is 5.26. The van der Waals surface area contributed by atoms with E-state index in [1.54, 1.807) is 6.20 Å². The van der Waals surface area contributed by atoms with E-state index in [0.717, 1.165) is 42.3 Å². The monoisotopic (exact) mass is 398 g/mol. The van der Waals surface area contributed by atoms with Crippen LogP contribution < -0.4 is 9.64 Å². The molecule has 1 atom stereocenters. The second kappa shape index (κ2) is 7.99. The van der Waals surface area contributed by atoms with Gasteiger partial charge in [-0.3, -0.25) is 4.98 Å². The van der Waals surface area contributed by atoms with Crippen LogP contribution >= 0.6 is 0 Å². The predicted octanol–water partition coefficient (Wildman–Crippen LogP) is 5.44. The summed E-state index contributed by atoms with van der Waals surface area (Å²) in [5, 5.41) is 4.15. The molecule has 3 heterocycles. The fraction of sp³-hybridized carbons (Fsp3) is 0.208.